The summed E-state index contributed by atoms with van der Waals surface area (Å²) < 4.78 is 53.8. The van der Waals surface area contributed by atoms with Crippen molar-refractivity contribution in [1.29, 1.82) is 0 Å². The lowest BCUT2D eigenvalue weighted by Crippen LogP contribution is -2.46. The highest BCUT2D eigenvalue weighted by Gasteiger charge is 2.45. The first-order valence-electron chi connectivity index (χ1n) is 13.8. The molecule has 4 heterocycles. The van der Waals surface area contributed by atoms with Gasteiger partial charge in [0.1, 0.15) is 12.3 Å². The number of thiol groups is 1. The van der Waals surface area contributed by atoms with E-state index in [2.05, 4.69) is 43.8 Å². The maximum Gasteiger partial charge on any atom is 0.338 e. The van der Waals surface area contributed by atoms with Gasteiger partial charge in [0.25, 0.3) is 0 Å². The zero-order valence-corrected chi connectivity index (χ0v) is 28.4. The van der Waals surface area contributed by atoms with Gasteiger partial charge < -0.3 is 18.9 Å². The van der Waals surface area contributed by atoms with Gasteiger partial charge in [-0.1, -0.05) is 18.9 Å². The fourth-order valence-electron chi connectivity index (χ4n) is 5.28. The molecule has 0 aromatic carbocycles. The van der Waals surface area contributed by atoms with E-state index < -0.39 is 11.6 Å². The lowest BCUT2D eigenvalue weighted by atomic mass is 9.77. The monoisotopic (exact) mass is 745 g/mol. The average Bonchev–Trinajstić information content (AvgIpc) is 3.69. The van der Waals surface area contributed by atoms with E-state index in [4.69, 9.17) is 23.9 Å². The molecule has 242 valence electrons. The molecule has 12 nitrogen and oxygen atoms in total. The first kappa shape index (κ1) is 33.9. The van der Waals surface area contributed by atoms with E-state index in [1.165, 1.54) is 11.6 Å². The van der Waals surface area contributed by atoms with Gasteiger partial charge in [-0.15, -0.1) is 7.77 Å². The van der Waals surface area contributed by atoms with Crippen LogP contribution < -0.4 is 3.71 Å². The number of hydrogen-bond donors (Lipinski definition) is 1. The maximum atomic E-state index is 14.0. The predicted molar refractivity (Wildman–Crippen MR) is 174 cm³/mol. The van der Waals surface area contributed by atoms with Crippen LogP contribution in [0.3, 0.4) is 0 Å². The summed E-state index contributed by atoms with van der Waals surface area (Å²) in [6.45, 7) is 0.913. The van der Waals surface area contributed by atoms with E-state index in [1.807, 2.05) is 6.07 Å². The van der Waals surface area contributed by atoms with Crippen LogP contribution in [0.2, 0.25) is 0 Å². The maximum absolute atomic E-state index is 14.0. The molecular formula is C27H30BrF2N7O5S3. The number of hydrogen-bond acceptors (Lipinski definition) is 13. The largest absolute Gasteiger partial charge is 0.461 e. The summed E-state index contributed by atoms with van der Waals surface area (Å²) in [5.41, 5.74) is 1.72. The van der Waals surface area contributed by atoms with E-state index >= 15 is 0 Å². The third-order valence-corrected chi connectivity index (χ3v) is 9.57. The van der Waals surface area contributed by atoms with E-state index in [-0.39, 0.29) is 56.2 Å². The second-order valence-corrected chi connectivity index (χ2v) is 12.6. The summed E-state index contributed by atoms with van der Waals surface area (Å²) in [7, 11) is 3.09. The molecule has 45 heavy (non-hydrogen) atoms. The van der Waals surface area contributed by atoms with Gasteiger partial charge in [-0.3, -0.25) is 8.96 Å². The molecule has 0 spiro atoms. The first-order valence-corrected chi connectivity index (χ1v) is 16.3. The van der Waals surface area contributed by atoms with Crippen LogP contribution in [-0.4, -0.2) is 80.8 Å². The number of nitrogens with zero attached hydrogens (tertiary/aromatic N) is 7. The number of methoxy groups -OCH3 is 2. The minimum absolute atomic E-state index is 0.108. The van der Waals surface area contributed by atoms with Gasteiger partial charge in [0, 0.05) is 49.9 Å². The van der Waals surface area contributed by atoms with Crippen LogP contribution >= 0.6 is 53.4 Å². The molecule has 1 aliphatic rings. The topological polar surface area (TPSA) is 118 Å². The Morgan fingerprint density at radius 1 is 1.11 bits per heavy atom. The smallest absolute Gasteiger partial charge is 0.338 e. The normalized spacial score (nSPS) is 18.4. The highest BCUT2D eigenvalue weighted by Crippen LogP contribution is 2.47. The van der Waals surface area contributed by atoms with Gasteiger partial charge in [0.05, 0.1) is 36.2 Å². The molecule has 5 rings (SSSR count). The van der Waals surface area contributed by atoms with Crippen LogP contribution in [0.25, 0.3) is 28.3 Å². The molecule has 1 fully saturated rings. The van der Waals surface area contributed by atoms with Gasteiger partial charge in [0.2, 0.25) is 0 Å². The number of anilines is 1. The third-order valence-electron chi connectivity index (χ3n) is 7.55. The highest BCUT2D eigenvalue weighted by atomic mass is 79.9. The number of carbonyl (C=O) groups is 1. The van der Waals surface area contributed by atoms with Crippen LogP contribution in [0.5, 0.6) is 0 Å². The standard InChI is InChI=1S/C27H30BrF2N7O5S3/c1-39-11-13-41-26(38)27(42-14-12-40-2)7-5-17(6-8-27)22-21(28)25(37(44-29)45-30)36-23(34-22)19(16-33-36)18-3-4-20(32-15-18)24-31-9-10-35(24)43/h3-4,9-10,15-17,43H,5-8,11-14H2,1-2H3. The summed E-state index contributed by atoms with van der Waals surface area (Å²) in [5.74, 6) is 0.0623. The summed E-state index contributed by atoms with van der Waals surface area (Å²) in [6.07, 6.45) is 8.24. The number of carbonyl (C=O) groups excluding carboxylic acids is 1. The number of esters is 1. The molecule has 4 aromatic rings. The summed E-state index contributed by atoms with van der Waals surface area (Å²) in [4.78, 5) is 27.0. The molecule has 1 aliphatic carbocycles. The Hall–Kier alpha value is -2.48. The molecule has 0 amide bonds. The Balaban J connectivity index is 1.49. The zero-order chi connectivity index (χ0) is 32.0. The fourth-order valence-corrected chi connectivity index (χ4v) is 7.04. The Morgan fingerprint density at radius 3 is 2.47 bits per heavy atom. The van der Waals surface area contributed by atoms with Crippen LogP contribution in [0.1, 0.15) is 37.3 Å². The minimum atomic E-state index is -1.16. The Kier molecular flexibility index (Phi) is 11.6. The molecule has 0 N–H and O–H groups in total. The van der Waals surface area contributed by atoms with Crippen LogP contribution in [-0.2, 0) is 23.7 Å². The number of halogens is 3. The SMILES string of the molecule is COCCOC(=O)C1(OCCOC)CCC(c2nc3c(-c4ccc(-c5nccn5S)nc4)cnn3c(N(SF)SF)c2Br)CC1. The van der Waals surface area contributed by atoms with Crippen LogP contribution in [0.4, 0.5) is 13.6 Å². The highest BCUT2D eigenvalue weighted by molar-refractivity contribution is 9.10. The summed E-state index contributed by atoms with van der Waals surface area (Å²) >= 11 is 7.33. The molecule has 0 unspecified atom stereocenters. The molecule has 18 heteroatoms. The van der Waals surface area contributed by atoms with Crippen molar-refractivity contribution >= 4 is 70.8 Å². The average molecular weight is 747 g/mol. The van der Waals surface area contributed by atoms with Crippen molar-refractivity contribution in [3.05, 3.63) is 47.1 Å². The van der Waals surface area contributed by atoms with Crippen molar-refractivity contribution in [2.45, 2.75) is 37.2 Å². The van der Waals surface area contributed by atoms with Gasteiger partial charge in [-0.2, -0.15) is 13.3 Å². The minimum Gasteiger partial charge on any atom is -0.461 e. The lowest BCUT2D eigenvalue weighted by molar-refractivity contribution is -0.180. The number of imidazole rings is 1. The van der Waals surface area contributed by atoms with Crippen LogP contribution in [0.15, 0.2) is 41.4 Å². The van der Waals surface area contributed by atoms with Crippen molar-refractivity contribution in [2.75, 3.05) is 44.4 Å². The molecular weight excluding hydrogens is 716 g/mol. The van der Waals surface area contributed by atoms with Crippen LogP contribution in [0, 0.1) is 0 Å². The predicted octanol–water partition coefficient (Wildman–Crippen LogP) is 6.23. The quantitative estimate of drug-likeness (QED) is 0.0683. The molecule has 0 bridgehead atoms. The second-order valence-electron chi connectivity index (χ2n) is 10.1. The summed E-state index contributed by atoms with van der Waals surface area (Å²) in [5, 5.41) is 4.43. The van der Waals surface area contributed by atoms with Crippen molar-refractivity contribution in [3.8, 4) is 22.6 Å². The summed E-state index contributed by atoms with van der Waals surface area (Å²) in [6, 6.07) is 3.64. The molecule has 4 aromatic heterocycles. The fraction of sp³-hybridized carbons (Fsp3) is 0.444. The first-order chi connectivity index (χ1) is 21.9. The molecule has 0 atom stereocenters. The third kappa shape index (κ3) is 7.11. The number of fused-ring (bicyclic) bond motifs is 1. The van der Waals surface area contributed by atoms with Gasteiger partial charge in [0.15, 0.2) is 47.6 Å². The number of aromatic nitrogens is 6. The molecule has 0 saturated heterocycles. The number of ether oxygens (including phenoxy) is 4. The number of pyridine rings is 1. The van der Waals surface area contributed by atoms with Gasteiger partial charge in [-0.05, 0) is 47.7 Å². The Labute approximate surface area is 281 Å². The molecule has 0 aliphatic heterocycles. The lowest BCUT2D eigenvalue weighted by Gasteiger charge is -2.38. The van der Waals surface area contributed by atoms with Crippen molar-refractivity contribution in [1.82, 2.24) is 28.5 Å². The Bertz CT molecular complexity index is 1600. The van der Waals surface area contributed by atoms with Gasteiger partial charge in [-0.25, -0.2) is 14.8 Å². The second kappa shape index (κ2) is 15.4. The molecule has 0 radical (unpaired) electrons. The van der Waals surface area contributed by atoms with Gasteiger partial charge >= 0.3 is 5.97 Å². The number of rotatable bonds is 14. The Morgan fingerprint density at radius 2 is 1.84 bits per heavy atom. The van der Waals surface area contributed by atoms with E-state index in [0.717, 1.165) is 3.71 Å². The molecule has 1 saturated carbocycles. The van der Waals surface area contributed by atoms with Crippen molar-refractivity contribution in [3.63, 3.8) is 0 Å². The van der Waals surface area contributed by atoms with E-state index in [0.29, 0.717) is 70.7 Å². The zero-order valence-electron chi connectivity index (χ0n) is 24.3. The van der Waals surface area contributed by atoms with Crippen molar-refractivity contribution < 1.29 is 31.5 Å². The van der Waals surface area contributed by atoms with E-state index in [9.17, 15) is 12.6 Å². The van der Waals surface area contributed by atoms with E-state index in [1.54, 1.807) is 41.9 Å². The van der Waals surface area contributed by atoms with Crippen molar-refractivity contribution in [2.24, 2.45) is 0 Å².